The molecule has 0 radical (unpaired) electrons. The molecule has 3 aromatic rings. The maximum atomic E-state index is 13.2. The van der Waals surface area contributed by atoms with Crippen LogP contribution in [0.2, 0.25) is 0 Å². The number of amides is 1. The Kier molecular flexibility index (Phi) is 6.79. The van der Waals surface area contributed by atoms with E-state index in [1.165, 1.54) is 16.2 Å². The molecule has 1 saturated heterocycles. The van der Waals surface area contributed by atoms with Crippen LogP contribution in [0.25, 0.3) is 5.76 Å². The Morgan fingerprint density at radius 1 is 1.06 bits per heavy atom. The van der Waals surface area contributed by atoms with Crippen LogP contribution in [-0.4, -0.2) is 33.6 Å². The van der Waals surface area contributed by atoms with Gasteiger partial charge in [-0.15, -0.1) is 10.2 Å². The molecule has 1 aliphatic heterocycles. The Hall–Kier alpha value is -3.52. The van der Waals surface area contributed by atoms with Crippen molar-refractivity contribution in [2.75, 3.05) is 11.5 Å². The lowest BCUT2D eigenvalue weighted by Crippen LogP contribution is -2.29. The van der Waals surface area contributed by atoms with Gasteiger partial charge in [0.1, 0.15) is 16.5 Å². The zero-order valence-electron chi connectivity index (χ0n) is 19.6. The lowest BCUT2D eigenvalue weighted by Gasteiger charge is -2.22. The number of nitrogens with zero attached hydrogens (tertiary/aromatic N) is 3. The predicted molar refractivity (Wildman–Crippen MR) is 132 cm³/mol. The quantitative estimate of drug-likeness (QED) is 0.284. The molecule has 34 heavy (non-hydrogen) atoms. The minimum absolute atomic E-state index is 0.0275. The number of carbonyl (C=O) groups excluding carboxylic acids is 2. The molecule has 1 unspecified atom stereocenters. The van der Waals surface area contributed by atoms with E-state index in [9.17, 15) is 14.7 Å². The second-order valence-corrected chi connectivity index (χ2v) is 9.29. The number of hydrogen-bond donors (Lipinski definition) is 1. The van der Waals surface area contributed by atoms with Crippen molar-refractivity contribution in [1.82, 2.24) is 10.2 Å². The molecule has 0 bridgehead atoms. The fourth-order valence-corrected chi connectivity index (χ4v) is 4.74. The van der Waals surface area contributed by atoms with Gasteiger partial charge < -0.3 is 9.84 Å². The highest BCUT2D eigenvalue weighted by molar-refractivity contribution is 7.15. The molecular weight excluding hydrogens is 450 g/mol. The normalized spacial score (nSPS) is 17.6. The van der Waals surface area contributed by atoms with Gasteiger partial charge in [-0.1, -0.05) is 56.4 Å². The van der Waals surface area contributed by atoms with E-state index in [0.717, 1.165) is 17.0 Å². The number of rotatable bonds is 7. The number of aryl methyl sites for hydroxylation is 1. The van der Waals surface area contributed by atoms with Crippen molar-refractivity contribution < 1.29 is 19.4 Å². The second kappa shape index (κ2) is 9.77. The Balaban J connectivity index is 1.86. The smallest absolute Gasteiger partial charge is 0.301 e. The van der Waals surface area contributed by atoms with Gasteiger partial charge in [0.15, 0.2) is 0 Å². The van der Waals surface area contributed by atoms with Crippen LogP contribution in [0.1, 0.15) is 61.4 Å². The number of aliphatic hydroxyl groups is 1. The molecule has 0 spiro atoms. The first kappa shape index (κ1) is 23.6. The third-order valence-electron chi connectivity index (χ3n) is 5.72. The van der Waals surface area contributed by atoms with Gasteiger partial charge in [0.25, 0.3) is 5.78 Å². The highest BCUT2D eigenvalue weighted by Crippen LogP contribution is 2.43. The van der Waals surface area contributed by atoms with Crippen LogP contribution in [0, 0.1) is 0 Å². The molecule has 176 valence electrons. The Morgan fingerprint density at radius 3 is 2.29 bits per heavy atom. The van der Waals surface area contributed by atoms with E-state index < -0.39 is 17.7 Å². The van der Waals surface area contributed by atoms with Gasteiger partial charge in [-0.25, -0.2) is 0 Å². The molecular formula is C26H27N3O4S. The van der Waals surface area contributed by atoms with Gasteiger partial charge in [-0.05, 0) is 48.7 Å². The summed E-state index contributed by atoms with van der Waals surface area (Å²) in [5, 5.41) is 20.7. The summed E-state index contributed by atoms with van der Waals surface area (Å²) in [6.07, 6.45) is 0.862. The van der Waals surface area contributed by atoms with Crippen molar-refractivity contribution in [3.63, 3.8) is 0 Å². The van der Waals surface area contributed by atoms with E-state index in [0.29, 0.717) is 28.6 Å². The molecule has 0 aliphatic carbocycles. The number of hydrogen-bond acceptors (Lipinski definition) is 7. The third-order valence-corrected chi connectivity index (χ3v) is 6.94. The zero-order chi connectivity index (χ0) is 24.4. The van der Waals surface area contributed by atoms with Gasteiger partial charge in [-0.2, -0.15) is 0 Å². The number of aromatic nitrogens is 2. The van der Waals surface area contributed by atoms with Crippen molar-refractivity contribution >= 4 is 33.9 Å². The largest absolute Gasteiger partial charge is 0.507 e. The van der Waals surface area contributed by atoms with Gasteiger partial charge >= 0.3 is 5.91 Å². The maximum absolute atomic E-state index is 13.2. The number of benzene rings is 2. The summed E-state index contributed by atoms with van der Waals surface area (Å²) >= 11 is 1.28. The highest BCUT2D eigenvalue weighted by Gasteiger charge is 2.48. The summed E-state index contributed by atoms with van der Waals surface area (Å²) < 4.78 is 5.47. The van der Waals surface area contributed by atoms with Crippen LogP contribution in [-0.2, 0) is 16.0 Å². The van der Waals surface area contributed by atoms with Crippen LogP contribution >= 0.6 is 11.3 Å². The minimum atomic E-state index is -0.814. The van der Waals surface area contributed by atoms with E-state index in [4.69, 9.17) is 4.74 Å². The number of ether oxygens (including phenoxy) is 1. The molecule has 2 heterocycles. The minimum Gasteiger partial charge on any atom is -0.507 e. The number of aliphatic hydroxyl groups excluding tert-OH is 1. The number of ketones is 1. The standard InChI is InChI=1S/C26H27N3O4S/c1-5-16-7-9-17(10-8-16)21-20(22(30)18-11-13-19(14-12-18)33-6-2)23(31)25(32)29(21)26-28-27-24(34-26)15(3)4/h7-15,21,30H,5-6H2,1-4H3. The summed E-state index contributed by atoms with van der Waals surface area (Å²) in [6, 6.07) is 13.7. The third kappa shape index (κ3) is 4.33. The summed E-state index contributed by atoms with van der Waals surface area (Å²) in [6.45, 7) is 8.44. The van der Waals surface area contributed by atoms with Crippen molar-refractivity contribution in [2.24, 2.45) is 0 Å². The van der Waals surface area contributed by atoms with Gasteiger partial charge in [0.05, 0.1) is 18.2 Å². The monoisotopic (exact) mass is 477 g/mol. The maximum Gasteiger partial charge on any atom is 0.301 e. The van der Waals surface area contributed by atoms with Gasteiger partial charge in [0.2, 0.25) is 5.13 Å². The van der Waals surface area contributed by atoms with Crippen LogP contribution < -0.4 is 9.64 Å². The highest BCUT2D eigenvalue weighted by atomic mass is 32.1. The molecule has 2 aromatic carbocycles. The molecule has 1 N–H and O–H groups in total. The van der Waals surface area contributed by atoms with E-state index in [2.05, 4.69) is 17.1 Å². The molecule has 7 nitrogen and oxygen atoms in total. The van der Waals surface area contributed by atoms with Crippen LogP contribution in [0.15, 0.2) is 54.1 Å². The van der Waals surface area contributed by atoms with E-state index in [1.54, 1.807) is 24.3 Å². The van der Waals surface area contributed by atoms with Crippen LogP contribution in [0.4, 0.5) is 5.13 Å². The molecule has 1 fully saturated rings. The average molecular weight is 478 g/mol. The Bertz CT molecular complexity index is 1230. The van der Waals surface area contributed by atoms with Crippen LogP contribution in [0.5, 0.6) is 5.75 Å². The Morgan fingerprint density at radius 2 is 1.74 bits per heavy atom. The summed E-state index contributed by atoms with van der Waals surface area (Å²) in [7, 11) is 0. The Labute approximate surface area is 202 Å². The molecule has 1 amide bonds. The summed E-state index contributed by atoms with van der Waals surface area (Å²) in [5.74, 6) is -0.932. The number of Topliss-reactive ketones (excluding diaryl/α,β-unsaturated/α-hetero) is 1. The lowest BCUT2D eigenvalue weighted by atomic mass is 9.94. The fourth-order valence-electron chi connectivity index (χ4n) is 3.87. The first-order chi connectivity index (χ1) is 16.3. The first-order valence-electron chi connectivity index (χ1n) is 11.3. The zero-order valence-corrected chi connectivity index (χ0v) is 20.4. The molecule has 0 saturated carbocycles. The second-order valence-electron chi connectivity index (χ2n) is 8.30. The van der Waals surface area contributed by atoms with Gasteiger partial charge in [0, 0.05) is 11.5 Å². The van der Waals surface area contributed by atoms with Crippen molar-refractivity contribution in [2.45, 2.75) is 46.1 Å². The topological polar surface area (TPSA) is 92.6 Å². The van der Waals surface area contributed by atoms with E-state index in [1.807, 2.05) is 45.0 Å². The van der Waals surface area contributed by atoms with E-state index >= 15 is 0 Å². The molecule has 1 atom stereocenters. The summed E-state index contributed by atoms with van der Waals surface area (Å²) in [5.41, 5.74) is 2.30. The molecule has 8 heteroatoms. The average Bonchev–Trinajstić information content (AvgIpc) is 3.43. The van der Waals surface area contributed by atoms with Gasteiger partial charge in [-0.3, -0.25) is 14.5 Å². The first-order valence-corrected chi connectivity index (χ1v) is 12.1. The predicted octanol–water partition coefficient (Wildman–Crippen LogP) is 5.25. The number of anilines is 1. The van der Waals surface area contributed by atoms with Crippen molar-refractivity contribution in [3.8, 4) is 5.75 Å². The molecule has 1 aromatic heterocycles. The van der Waals surface area contributed by atoms with Crippen molar-refractivity contribution in [1.29, 1.82) is 0 Å². The lowest BCUT2D eigenvalue weighted by molar-refractivity contribution is -0.132. The molecule has 1 aliphatic rings. The van der Waals surface area contributed by atoms with Crippen LogP contribution in [0.3, 0.4) is 0 Å². The van der Waals surface area contributed by atoms with Crippen molar-refractivity contribution in [3.05, 3.63) is 75.8 Å². The van der Waals surface area contributed by atoms with E-state index in [-0.39, 0.29) is 17.3 Å². The summed E-state index contributed by atoms with van der Waals surface area (Å²) in [4.78, 5) is 27.8. The molecule has 4 rings (SSSR count). The SMILES string of the molecule is CCOc1ccc(C(O)=C2C(=O)C(=O)N(c3nnc(C(C)C)s3)C2c2ccc(CC)cc2)cc1. The number of carbonyl (C=O) groups is 2. The fraction of sp³-hybridized carbons (Fsp3) is 0.308.